The highest BCUT2D eigenvalue weighted by atomic mass is 16.2. The Balaban J connectivity index is 1.41. The summed E-state index contributed by atoms with van der Waals surface area (Å²) in [7, 11) is 0. The average molecular weight is 312 g/mol. The van der Waals surface area contributed by atoms with Crippen LogP contribution in [0.2, 0.25) is 0 Å². The minimum absolute atomic E-state index is 0.0984. The monoisotopic (exact) mass is 312 g/mol. The summed E-state index contributed by atoms with van der Waals surface area (Å²) in [5.41, 5.74) is 1.26. The Morgan fingerprint density at radius 1 is 1.17 bits per heavy atom. The zero-order chi connectivity index (χ0) is 16.1. The van der Waals surface area contributed by atoms with Crippen molar-refractivity contribution in [2.75, 3.05) is 19.6 Å². The Bertz CT molecular complexity index is 574. The predicted molar refractivity (Wildman–Crippen MR) is 89.7 cm³/mol. The van der Waals surface area contributed by atoms with Gasteiger partial charge in [0.2, 0.25) is 11.8 Å². The van der Waals surface area contributed by atoms with Gasteiger partial charge in [-0.05, 0) is 24.8 Å². The van der Waals surface area contributed by atoms with Gasteiger partial charge in [-0.1, -0.05) is 42.5 Å². The molecule has 1 aliphatic heterocycles. The van der Waals surface area contributed by atoms with Crippen LogP contribution in [0.3, 0.4) is 0 Å². The van der Waals surface area contributed by atoms with Crippen molar-refractivity contribution >= 4 is 11.8 Å². The van der Waals surface area contributed by atoms with Crippen LogP contribution in [0, 0.1) is 11.8 Å². The molecule has 23 heavy (non-hydrogen) atoms. The molecular formula is C19H24N2O2. The number of benzene rings is 1. The first kappa shape index (κ1) is 15.8. The van der Waals surface area contributed by atoms with Crippen LogP contribution in [0.4, 0.5) is 0 Å². The molecule has 1 fully saturated rings. The molecule has 1 aliphatic carbocycles. The molecule has 0 radical (unpaired) electrons. The van der Waals surface area contributed by atoms with Crippen molar-refractivity contribution in [3.05, 3.63) is 48.0 Å². The van der Waals surface area contributed by atoms with Crippen molar-refractivity contribution in [3.8, 4) is 0 Å². The number of amides is 2. The van der Waals surface area contributed by atoms with E-state index in [0.29, 0.717) is 13.0 Å². The van der Waals surface area contributed by atoms with Gasteiger partial charge in [0, 0.05) is 37.9 Å². The molecule has 4 heteroatoms. The topological polar surface area (TPSA) is 49.4 Å². The van der Waals surface area contributed by atoms with Gasteiger partial charge in [0.15, 0.2) is 0 Å². The van der Waals surface area contributed by atoms with E-state index in [9.17, 15) is 9.59 Å². The third kappa shape index (κ3) is 4.21. The van der Waals surface area contributed by atoms with Crippen molar-refractivity contribution < 1.29 is 9.59 Å². The van der Waals surface area contributed by atoms with Gasteiger partial charge < -0.3 is 10.2 Å². The molecule has 0 saturated carbocycles. The second-order valence-electron chi connectivity index (χ2n) is 6.53. The van der Waals surface area contributed by atoms with Crippen LogP contribution < -0.4 is 5.32 Å². The van der Waals surface area contributed by atoms with E-state index in [4.69, 9.17) is 0 Å². The summed E-state index contributed by atoms with van der Waals surface area (Å²) in [4.78, 5) is 26.1. The van der Waals surface area contributed by atoms with Gasteiger partial charge in [-0.2, -0.15) is 0 Å². The summed E-state index contributed by atoms with van der Waals surface area (Å²) in [5.74, 6) is 0.686. The molecule has 4 nitrogen and oxygen atoms in total. The Morgan fingerprint density at radius 2 is 1.91 bits per heavy atom. The lowest BCUT2D eigenvalue weighted by Crippen LogP contribution is -2.34. The van der Waals surface area contributed by atoms with Crippen molar-refractivity contribution in [2.24, 2.45) is 11.8 Å². The maximum Gasteiger partial charge on any atom is 0.223 e. The lowest BCUT2D eigenvalue weighted by atomic mass is 10.1. The van der Waals surface area contributed by atoms with E-state index in [2.05, 4.69) is 29.6 Å². The number of allylic oxidation sites excluding steroid dienone is 2. The molecule has 0 bridgehead atoms. The molecule has 3 rings (SSSR count). The van der Waals surface area contributed by atoms with Gasteiger partial charge in [0.05, 0.1) is 0 Å². The fourth-order valence-electron chi connectivity index (χ4n) is 3.34. The lowest BCUT2D eigenvalue weighted by molar-refractivity contribution is -0.128. The van der Waals surface area contributed by atoms with Crippen LogP contribution in [-0.4, -0.2) is 36.3 Å². The van der Waals surface area contributed by atoms with E-state index in [-0.39, 0.29) is 23.7 Å². The van der Waals surface area contributed by atoms with Gasteiger partial charge in [0.25, 0.3) is 0 Å². The lowest BCUT2D eigenvalue weighted by Gasteiger charge is -2.17. The summed E-state index contributed by atoms with van der Waals surface area (Å²) < 4.78 is 0. The van der Waals surface area contributed by atoms with Gasteiger partial charge in [-0.25, -0.2) is 0 Å². The molecule has 1 aromatic rings. The SMILES string of the molecule is O=C(NC[C@H]1CC(=O)N(CCc2ccccc2)C1)C1CC=CC1. The number of carbonyl (C=O) groups excluding carboxylic acids is 2. The molecule has 1 atom stereocenters. The summed E-state index contributed by atoms with van der Waals surface area (Å²) >= 11 is 0. The fraction of sp³-hybridized carbons (Fsp3) is 0.474. The Labute approximate surface area is 137 Å². The average Bonchev–Trinajstić information content (AvgIpc) is 3.22. The van der Waals surface area contributed by atoms with Crippen molar-refractivity contribution in [1.29, 1.82) is 0 Å². The maximum absolute atomic E-state index is 12.1. The van der Waals surface area contributed by atoms with E-state index in [1.807, 2.05) is 23.1 Å². The molecular weight excluding hydrogens is 288 g/mol. The van der Waals surface area contributed by atoms with Crippen molar-refractivity contribution in [3.63, 3.8) is 0 Å². The molecule has 1 aromatic carbocycles. The molecule has 1 N–H and O–H groups in total. The van der Waals surface area contributed by atoms with Gasteiger partial charge in [0.1, 0.15) is 0 Å². The number of likely N-dealkylation sites (tertiary alicyclic amines) is 1. The van der Waals surface area contributed by atoms with E-state index >= 15 is 0 Å². The molecule has 1 saturated heterocycles. The molecule has 2 aliphatic rings. The summed E-state index contributed by atoms with van der Waals surface area (Å²) in [6, 6.07) is 10.2. The minimum Gasteiger partial charge on any atom is -0.355 e. The van der Waals surface area contributed by atoms with Crippen LogP contribution in [-0.2, 0) is 16.0 Å². The molecule has 0 unspecified atom stereocenters. The second-order valence-corrected chi connectivity index (χ2v) is 6.53. The summed E-state index contributed by atoms with van der Waals surface area (Å²) in [5, 5.41) is 3.02. The van der Waals surface area contributed by atoms with Crippen LogP contribution in [0.15, 0.2) is 42.5 Å². The predicted octanol–water partition coefficient (Wildman–Crippen LogP) is 2.16. The first-order valence-electron chi connectivity index (χ1n) is 8.47. The quantitative estimate of drug-likeness (QED) is 0.818. The van der Waals surface area contributed by atoms with Gasteiger partial charge in [-0.15, -0.1) is 0 Å². The van der Waals surface area contributed by atoms with Crippen molar-refractivity contribution in [1.82, 2.24) is 10.2 Å². The van der Waals surface area contributed by atoms with Gasteiger partial charge >= 0.3 is 0 Å². The first-order chi connectivity index (χ1) is 11.2. The zero-order valence-corrected chi connectivity index (χ0v) is 13.4. The smallest absolute Gasteiger partial charge is 0.223 e. The highest BCUT2D eigenvalue weighted by Gasteiger charge is 2.30. The summed E-state index contributed by atoms with van der Waals surface area (Å²) in [6.07, 6.45) is 7.26. The largest absolute Gasteiger partial charge is 0.355 e. The molecule has 0 spiro atoms. The summed E-state index contributed by atoms with van der Waals surface area (Å²) in [6.45, 7) is 2.14. The standard InChI is InChI=1S/C19H24N2O2/c22-18-12-16(13-20-19(23)17-8-4-5-9-17)14-21(18)11-10-15-6-2-1-3-7-15/h1-7,16-17H,8-14H2,(H,20,23)/t16-/m1/s1. The van der Waals surface area contributed by atoms with E-state index in [1.165, 1.54) is 5.56 Å². The highest BCUT2D eigenvalue weighted by molar-refractivity contribution is 5.80. The van der Waals surface area contributed by atoms with Gasteiger partial charge in [-0.3, -0.25) is 9.59 Å². The number of carbonyl (C=O) groups is 2. The fourth-order valence-corrected chi connectivity index (χ4v) is 3.34. The zero-order valence-electron chi connectivity index (χ0n) is 13.4. The normalized spacial score (nSPS) is 21.1. The number of nitrogens with one attached hydrogen (secondary N) is 1. The molecule has 122 valence electrons. The number of hydrogen-bond acceptors (Lipinski definition) is 2. The van der Waals surface area contributed by atoms with Crippen molar-refractivity contribution in [2.45, 2.75) is 25.7 Å². The minimum atomic E-state index is 0.0984. The third-order valence-corrected chi connectivity index (χ3v) is 4.75. The Kier molecular flexibility index (Phi) is 5.11. The van der Waals surface area contributed by atoms with Crippen LogP contribution in [0.5, 0.6) is 0 Å². The number of nitrogens with zero attached hydrogens (tertiary/aromatic N) is 1. The van der Waals surface area contributed by atoms with Crippen LogP contribution in [0.1, 0.15) is 24.8 Å². The maximum atomic E-state index is 12.1. The van der Waals surface area contributed by atoms with Crippen LogP contribution >= 0.6 is 0 Å². The number of rotatable bonds is 6. The van der Waals surface area contributed by atoms with E-state index < -0.39 is 0 Å². The van der Waals surface area contributed by atoms with Crippen LogP contribution in [0.25, 0.3) is 0 Å². The molecule has 1 heterocycles. The third-order valence-electron chi connectivity index (χ3n) is 4.75. The number of hydrogen-bond donors (Lipinski definition) is 1. The first-order valence-corrected chi connectivity index (χ1v) is 8.47. The van der Waals surface area contributed by atoms with E-state index in [1.54, 1.807) is 0 Å². The van der Waals surface area contributed by atoms with E-state index in [0.717, 1.165) is 32.4 Å². The highest BCUT2D eigenvalue weighted by Crippen LogP contribution is 2.20. The molecule has 0 aromatic heterocycles. The second kappa shape index (κ2) is 7.44. The Morgan fingerprint density at radius 3 is 2.65 bits per heavy atom. The Hall–Kier alpha value is -2.10. The molecule has 2 amide bonds.